The number of hydrogen-bond acceptors (Lipinski definition) is 5. The molecule has 0 radical (unpaired) electrons. The summed E-state index contributed by atoms with van der Waals surface area (Å²) in [6.07, 6.45) is 4.75. The summed E-state index contributed by atoms with van der Waals surface area (Å²) in [7, 11) is 0. The fourth-order valence-corrected chi connectivity index (χ4v) is 2.50. The Labute approximate surface area is 135 Å². The van der Waals surface area contributed by atoms with E-state index < -0.39 is 0 Å². The third kappa shape index (κ3) is 4.13. The van der Waals surface area contributed by atoms with E-state index in [9.17, 15) is 9.18 Å². The van der Waals surface area contributed by atoms with Crippen LogP contribution in [0, 0.1) is 5.82 Å². The number of benzene rings is 1. The first-order chi connectivity index (χ1) is 11.2. The van der Waals surface area contributed by atoms with Crippen molar-refractivity contribution < 1.29 is 9.18 Å². The molecular formula is C15H12FN5OS. The van der Waals surface area contributed by atoms with E-state index in [-0.39, 0.29) is 17.5 Å². The molecule has 0 bridgehead atoms. The van der Waals surface area contributed by atoms with E-state index in [1.54, 1.807) is 41.3 Å². The maximum atomic E-state index is 12.8. The van der Waals surface area contributed by atoms with Gasteiger partial charge >= 0.3 is 0 Å². The molecule has 1 amide bonds. The van der Waals surface area contributed by atoms with Crippen molar-refractivity contribution in [3.63, 3.8) is 0 Å². The predicted molar refractivity (Wildman–Crippen MR) is 84.9 cm³/mol. The number of carbonyl (C=O) groups excluding carboxylic acids is 1. The first-order valence-electron chi connectivity index (χ1n) is 6.71. The van der Waals surface area contributed by atoms with E-state index in [1.165, 1.54) is 30.2 Å². The van der Waals surface area contributed by atoms with Gasteiger partial charge in [0, 0.05) is 23.4 Å². The average molecular weight is 329 g/mol. The molecule has 0 saturated carbocycles. The summed E-state index contributed by atoms with van der Waals surface area (Å²) >= 11 is 1.32. The van der Waals surface area contributed by atoms with Crippen LogP contribution in [0.2, 0.25) is 0 Å². The van der Waals surface area contributed by atoms with E-state index in [0.717, 1.165) is 4.90 Å². The summed E-state index contributed by atoms with van der Waals surface area (Å²) < 4.78 is 14.4. The van der Waals surface area contributed by atoms with Crippen molar-refractivity contribution in [2.75, 3.05) is 11.1 Å². The maximum Gasteiger partial charge on any atom is 0.235 e. The second-order valence-corrected chi connectivity index (χ2v) is 5.55. The third-order valence-electron chi connectivity index (χ3n) is 2.84. The molecule has 3 rings (SSSR count). The van der Waals surface area contributed by atoms with E-state index in [1.807, 2.05) is 0 Å². The van der Waals surface area contributed by atoms with Gasteiger partial charge in [0.2, 0.25) is 5.91 Å². The highest BCUT2D eigenvalue weighted by molar-refractivity contribution is 8.00. The Morgan fingerprint density at radius 3 is 2.83 bits per heavy atom. The summed E-state index contributed by atoms with van der Waals surface area (Å²) in [5.41, 5.74) is 0. The molecule has 0 aliphatic heterocycles. The Hall–Kier alpha value is -2.74. The van der Waals surface area contributed by atoms with Crippen molar-refractivity contribution in [3.8, 4) is 5.82 Å². The molecule has 1 aromatic carbocycles. The van der Waals surface area contributed by atoms with Gasteiger partial charge in [-0.1, -0.05) is 0 Å². The van der Waals surface area contributed by atoms with Gasteiger partial charge in [-0.05, 0) is 30.3 Å². The van der Waals surface area contributed by atoms with E-state index in [2.05, 4.69) is 20.4 Å². The summed E-state index contributed by atoms with van der Waals surface area (Å²) in [6.45, 7) is 0. The minimum atomic E-state index is -0.300. The van der Waals surface area contributed by atoms with Crippen molar-refractivity contribution in [3.05, 3.63) is 60.9 Å². The molecular weight excluding hydrogens is 317 g/mol. The molecule has 0 atom stereocenters. The highest BCUT2D eigenvalue weighted by atomic mass is 32.2. The van der Waals surface area contributed by atoms with E-state index >= 15 is 0 Å². The maximum absolute atomic E-state index is 12.8. The monoisotopic (exact) mass is 329 g/mol. The van der Waals surface area contributed by atoms with Crippen molar-refractivity contribution in [2.45, 2.75) is 4.90 Å². The second kappa shape index (κ2) is 7.01. The van der Waals surface area contributed by atoms with E-state index in [0.29, 0.717) is 11.6 Å². The van der Waals surface area contributed by atoms with Crippen LogP contribution in [-0.2, 0) is 4.79 Å². The molecule has 23 heavy (non-hydrogen) atoms. The Kier molecular flexibility index (Phi) is 4.62. The quantitative estimate of drug-likeness (QED) is 0.728. The van der Waals surface area contributed by atoms with Crippen LogP contribution in [0.25, 0.3) is 5.82 Å². The number of aromatic nitrogens is 4. The smallest absolute Gasteiger partial charge is 0.235 e. The molecule has 0 aliphatic carbocycles. The molecule has 6 nitrogen and oxygen atoms in total. The zero-order valence-electron chi connectivity index (χ0n) is 11.9. The van der Waals surface area contributed by atoms with Crippen LogP contribution in [0.3, 0.4) is 0 Å². The van der Waals surface area contributed by atoms with Crippen LogP contribution in [0.5, 0.6) is 0 Å². The summed E-state index contributed by atoms with van der Waals surface area (Å²) in [6, 6.07) is 9.40. The third-order valence-corrected chi connectivity index (χ3v) is 3.85. The first kappa shape index (κ1) is 15.2. The molecule has 116 valence electrons. The number of anilines is 1. The fourth-order valence-electron chi connectivity index (χ4n) is 1.80. The molecule has 3 aromatic rings. The van der Waals surface area contributed by atoms with Crippen molar-refractivity contribution >= 4 is 23.5 Å². The molecule has 0 spiro atoms. The van der Waals surface area contributed by atoms with Gasteiger partial charge in [-0.25, -0.2) is 19.0 Å². The predicted octanol–water partition coefficient (Wildman–Crippen LogP) is 2.53. The zero-order valence-corrected chi connectivity index (χ0v) is 12.7. The molecule has 0 saturated heterocycles. The van der Waals surface area contributed by atoms with Crippen LogP contribution in [0.15, 0.2) is 60.0 Å². The van der Waals surface area contributed by atoms with Gasteiger partial charge in [-0.3, -0.25) is 4.79 Å². The number of carbonyl (C=O) groups is 1. The van der Waals surface area contributed by atoms with Gasteiger partial charge in [0.05, 0.1) is 5.75 Å². The molecule has 2 heterocycles. The number of rotatable bonds is 5. The van der Waals surface area contributed by atoms with Gasteiger partial charge in [-0.2, -0.15) is 5.10 Å². The molecule has 2 aromatic heterocycles. The van der Waals surface area contributed by atoms with Crippen molar-refractivity contribution in [1.29, 1.82) is 0 Å². The van der Waals surface area contributed by atoms with Crippen LogP contribution in [-0.4, -0.2) is 31.4 Å². The lowest BCUT2D eigenvalue weighted by molar-refractivity contribution is -0.113. The molecule has 0 aliphatic rings. The first-order valence-corrected chi connectivity index (χ1v) is 7.69. The van der Waals surface area contributed by atoms with Gasteiger partial charge < -0.3 is 5.32 Å². The van der Waals surface area contributed by atoms with Crippen molar-refractivity contribution in [1.82, 2.24) is 19.7 Å². The zero-order chi connectivity index (χ0) is 16.1. The summed E-state index contributed by atoms with van der Waals surface area (Å²) in [5, 5.41) is 6.77. The average Bonchev–Trinajstić information content (AvgIpc) is 3.09. The van der Waals surface area contributed by atoms with Gasteiger partial charge in [0.25, 0.3) is 0 Å². The highest BCUT2D eigenvalue weighted by Gasteiger charge is 2.07. The van der Waals surface area contributed by atoms with Gasteiger partial charge in [0.15, 0.2) is 5.82 Å². The lowest BCUT2D eigenvalue weighted by Crippen LogP contribution is -2.15. The molecule has 0 fully saturated rings. The Bertz CT molecular complexity index is 792. The minimum absolute atomic E-state index is 0.201. The largest absolute Gasteiger partial charge is 0.310 e. The number of amides is 1. The van der Waals surface area contributed by atoms with Crippen LogP contribution in [0.4, 0.5) is 10.2 Å². The molecule has 1 N–H and O–H groups in total. The van der Waals surface area contributed by atoms with Crippen LogP contribution in [0.1, 0.15) is 0 Å². The van der Waals surface area contributed by atoms with Crippen LogP contribution < -0.4 is 5.32 Å². The Morgan fingerprint density at radius 1 is 1.26 bits per heavy atom. The lowest BCUT2D eigenvalue weighted by Gasteiger charge is -2.06. The SMILES string of the molecule is O=C(CSc1ccc(F)cc1)Nc1cc(-n2cccn2)ncn1. The highest BCUT2D eigenvalue weighted by Crippen LogP contribution is 2.18. The Balaban J connectivity index is 1.59. The van der Waals surface area contributed by atoms with Gasteiger partial charge in [-0.15, -0.1) is 11.8 Å². The summed E-state index contributed by atoms with van der Waals surface area (Å²) in [4.78, 5) is 20.9. The molecule has 0 unspecified atom stereocenters. The van der Waals surface area contributed by atoms with E-state index in [4.69, 9.17) is 0 Å². The topological polar surface area (TPSA) is 72.7 Å². The number of halogens is 1. The summed E-state index contributed by atoms with van der Waals surface area (Å²) in [5.74, 6) is 0.657. The number of hydrogen-bond donors (Lipinski definition) is 1. The molecule has 8 heteroatoms. The van der Waals surface area contributed by atoms with Crippen LogP contribution >= 0.6 is 11.8 Å². The number of nitrogens with zero attached hydrogens (tertiary/aromatic N) is 4. The van der Waals surface area contributed by atoms with Crippen molar-refractivity contribution in [2.24, 2.45) is 0 Å². The second-order valence-electron chi connectivity index (χ2n) is 4.50. The Morgan fingerprint density at radius 2 is 2.09 bits per heavy atom. The minimum Gasteiger partial charge on any atom is -0.310 e. The normalized spacial score (nSPS) is 10.5. The lowest BCUT2D eigenvalue weighted by atomic mass is 10.4. The standard InChI is InChI=1S/C15H12FN5OS/c16-11-2-4-12(5-3-11)23-9-15(22)20-13-8-14(18-10-17-13)21-7-1-6-19-21/h1-8,10H,9H2,(H,17,18,20,22). The van der Waals surface area contributed by atoms with Gasteiger partial charge in [0.1, 0.15) is 18.0 Å². The number of thioether (sulfide) groups is 1. The fraction of sp³-hybridized carbons (Fsp3) is 0.0667. The number of nitrogens with one attached hydrogen (secondary N) is 1.